The van der Waals surface area contributed by atoms with E-state index >= 15 is 0 Å². The van der Waals surface area contributed by atoms with E-state index in [1.165, 1.54) is 25.7 Å². The Balaban J connectivity index is 2.30. The summed E-state index contributed by atoms with van der Waals surface area (Å²) in [6.45, 7) is 3.04. The number of aliphatic imine (C=N–C) groups is 1. The summed E-state index contributed by atoms with van der Waals surface area (Å²) in [5.41, 5.74) is 11.0. The van der Waals surface area contributed by atoms with Crippen LogP contribution in [0.3, 0.4) is 0 Å². The van der Waals surface area contributed by atoms with E-state index in [0.717, 1.165) is 6.54 Å². The first-order valence-electron chi connectivity index (χ1n) is 4.24. The number of rotatable bonds is 4. The third-order valence-electron chi connectivity index (χ3n) is 2.33. The van der Waals surface area contributed by atoms with E-state index in [0.29, 0.717) is 5.41 Å². The molecular formula is C8H17N3. The van der Waals surface area contributed by atoms with Crippen LogP contribution in [0.25, 0.3) is 0 Å². The summed E-state index contributed by atoms with van der Waals surface area (Å²) < 4.78 is 0. The normalized spacial score (nSPS) is 19.4. The molecule has 0 bridgehead atoms. The summed E-state index contributed by atoms with van der Waals surface area (Å²) in [7, 11) is 0. The molecule has 0 unspecified atom stereocenters. The van der Waals surface area contributed by atoms with Gasteiger partial charge in [-0.3, -0.25) is 4.99 Å². The summed E-state index contributed by atoms with van der Waals surface area (Å²) in [6, 6.07) is 0. The largest absolute Gasteiger partial charge is 0.370 e. The van der Waals surface area contributed by atoms with Crippen molar-refractivity contribution in [3.05, 3.63) is 0 Å². The van der Waals surface area contributed by atoms with Crippen LogP contribution in [-0.4, -0.2) is 12.5 Å². The highest BCUT2D eigenvalue weighted by atomic mass is 15.0. The number of hydrogen-bond donors (Lipinski definition) is 2. The Hall–Kier alpha value is -0.730. The lowest BCUT2D eigenvalue weighted by Gasteiger charge is -2.09. The fourth-order valence-corrected chi connectivity index (χ4v) is 1.45. The summed E-state index contributed by atoms with van der Waals surface area (Å²) in [4.78, 5) is 4.05. The first-order valence-corrected chi connectivity index (χ1v) is 4.24. The lowest BCUT2D eigenvalue weighted by Crippen LogP contribution is -2.24. The Morgan fingerprint density at radius 1 is 1.45 bits per heavy atom. The van der Waals surface area contributed by atoms with Gasteiger partial charge in [0.1, 0.15) is 0 Å². The molecule has 3 heteroatoms. The van der Waals surface area contributed by atoms with Crippen LogP contribution in [0.4, 0.5) is 0 Å². The lowest BCUT2D eigenvalue weighted by molar-refractivity contribution is 0.473. The maximum absolute atomic E-state index is 5.25. The second-order valence-corrected chi connectivity index (χ2v) is 3.49. The van der Waals surface area contributed by atoms with Gasteiger partial charge in [-0.05, 0) is 24.7 Å². The zero-order chi connectivity index (χ0) is 8.32. The molecule has 0 aromatic carbocycles. The van der Waals surface area contributed by atoms with E-state index in [9.17, 15) is 0 Å². The molecule has 1 saturated carbocycles. The molecule has 64 valence electrons. The highest BCUT2D eigenvalue weighted by Crippen LogP contribution is 2.49. The molecule has 0 amide bonds. The summed E-state index contributed by atoms with van der Waals surface area (Å²) in [6.07, 6.45) is 5.11. The number of nitrogens with zero attached hydrogens (tertiary/aromatic N) is 1. The van der Waals surface area contributed by atoms with Crippen LogP contribution in [0.2, 0.25) is 0 Å². The Labute approximate surface area is 67.9 Å². The second-order valence-electron chi connectivity index (χ2n) is 3.49. The molecule has 1 aliphatic rings. The molecule has 0 aromatic rings. The van der Waals surface area contributed by atoms with Crippen LogP contribution in [0.15, 0.2) is 4.99 Å². The van der Waals surface area contributed by atoms with Gasteiger partial charge in [0.15, 0.2) is 5.96 Å². The summed E-state index contributed by atoms with van der Waals surface area (Å²) >= 11 is 0. The number of hydrogen-bond acceptors (Lipinski definition) is 1. The second kappa shape index (κ2) is 3.11. The van der Waals surface area contributed by atoms with Gasteiger partial charge in [0.05, 0.1) is 0 Å². The molecule has 0 spiro atoms. The lowest BCUT2D eigenvalue weighted by atomic mass is 10.0. The van der Waals surface area contributed by atoms with Crippen LogP contribution in [-0.2, 0) is 0 Å². The maximum Gasteiger partial charge on any atom is 0.185 e. The molecule has 0 aromatic heterocycles. The zero-order valence-corrected chi connectivity index (χ0v) is 7.14. The average molecular weight is 155 g/mol. The SMILES string of the molecule is CCCC1(CN=C(N)N)CC1. The molecule has 0 heterocycles. The predicted molar refractivity (Wildman–Crippen MR) is 47.3 cm³/mol. The molecule has 3 nitrogen and oxygen atoms in total. The van der Waals surface area contributed by atoms with Crippen LogP contribution >= 0.6 is 0 Å². The van der Waals surface area contributed by atoms with Gasteiger partial charge < -0.3 is 11.5 Å². The molecule has 0 radical (unpaired) electrons. The van der Waals surface area contributed by atoms with Gasteiger partial charge in [-0.2, -0.15) is 0 Å². The third kappa shape index (κ3) is 2.41. The molecular weight excluding hydrogens is 138 g/mol. The van der Waals surface area contributed by atoms with Crippen molar-refractivity contribution in [2.45, 2.75) is 32.6 Å². The Kier molecular flexibility index (Phi) is 2.37. The van der Waals surface area contributed by atoms with E-state index in [1.807, 2.05) is 0 Å². The standard InChI is InChI=1S/C8H17N3/c1-2-3-8(4-5-8)6-11-7(9)10/h2-6H2,1H3,(H4,9,10,11). The van der Waals surface area contributed by atoms with Crippen LogP contribution in [0, 0.1) is 5.41 Å². The van der Waals surface area contributed by atoms with Gasteiger partial charge in [-0.15, -0.1) is 0 Å². The van der Waals surface area contributed by atoms with Gasteiger partial charge in [0, 0.05) is 6.54 Å². The highest BCUT2D eigenvalue weighted by Gasteiger charge is 2.41. The van der Waals surface area contributed by atoms with Gasteiger partial charge in [0.2, 0.25) is 0 Å². The van der Waals surface area contributed by atoms with Crippen molar-refractivity contribution in [3.63, 3.8) is 0 Å². The van der Waals surface area contributed by atoms with E-state index < -0.39 is 0 Å². The van der Waals surface area contributed by atoms with Crippen molar-refractivity contribution in [1.29, 1.82) is 0 Å². The van der Waals surface area contributed by atoms with Gasteiger partial charge in [-0.25, -0.2) is 0 Å². The van der Waals surface area contributed by atoms with Crippen LogP contribution in [0.1, 0.15) is 32.6 Å². The monoisotopic (exact) mass is 155 g/mol. The van der Waals surface area contributed by atoms with Crippen molar-refractivity contribution < 1.29 is 0 Å². The van der Waals surface area contributed by atoms with Gasteiger partial charge >= 0.3 is 0 Å². The van der Waals surface area contributed by atoms with Crippen molar-refractivity contribution in [1.82, 2.24) is 0 Å². The minimum absolute atomic E-state index is 0.229. The topological polar surface area (TPSA) is 64.4 Å². The number of nitrogens with two attached hydrogens (primary N) is 2. The Morgan fingerprint density at radius 2 is 2.09 bits per heavy atom. The molecule has 1 rings (SSSR count). The minimum atomic E-state index is 0.229. The van der Waals surface area contributed by atoms with E-state index in [-0.39, 0.29) is 5.96 Å². The molecule has 1 fully saturated rings. The van der Waals surface area contributed by atoms with E-state index in [2.05, 4.69) is 11.9 Å². The fourth-order valence-electron chi connectivity index (χ4n) is 1.45. The number of guanidine groups is 1. The first kappa shape index (κ1) is 8.37. The average Bonchev–Trinajstić information content (AvgIpc) is 2.67. The predicted octanol–water partition coefficient (Wildman–Crippen LogP) is 0.840. The summed E-state index contributed by atoms with van der Waals surface area (Å²) in [5, 5.41) is 0. The maximum atomic E-state index is 5.25. The minimum Gasteiger partial charge on any atom is -0.370 e. The molecule has 4 N–H and O–H groups in total. The molecule has 0 aliphatic heterocycles. The van der Waals surface area contributed by atoms with E-state index in [1.54, 1.807) is 0 Å². The van der Waals surface area contributed by atoms with Crippen LogP contribution in [0.5, 0.6) is 0 Å². The smallest absolute Gasteiger partial charge is 0.185 e. The van der Waals surface area contributed by atoms with Crippen LogP contribution < -0.4 is 11.5 Å². The Morgan fingerprint density at radius 3 is 2.45 bits per heavy atom. The molecule has 0 atom stereocenters. The van der Waals surface area contributed by atoms with Crippen molar-refractivity contribution in [2.75, 3.05) is 6.54 Å². The highest BCUT2D eigenvalue weighted by molar-refractivity contribution is 5.75. The van der Waals surface area contributed by atoms with E-state index in [4.69, 9.17) is 11.5 Å². The van der Waals surface area contributed by atoms with Gasteiger partial charge in [-0.1, -0.05) is 13.3 Å². The van der Waals surface area contributed by atoms with Crippen molar-refractivity contribution >= 4 is 5.96 Å². The van der Waals surface area contributed by atoms with Crippen molar-refractivity contribution in [2.24, 2.45) is 21.9 Å². The first-order chi connectivity index (χ1) is 5.18. The quantitative estimate of drug-likeness (QED) is 0.466. The van der Waals surface area contributed by atoms with Gasteiger partial charge in [0.25, 0.3) is 0 Å². The Bertz CT molecular complexity index is 155. The molecule has 0 saturated heterocycles. The third-order valence-corrected chi connectivity index (χ3v) is 2.33. The van der Waals surface area contributed by atoms with Crippen molar-refractivity contribution in [3.8, 4) is 0 Å². The molecule has 11 heavy (non-hydrogen) atoms. The zero-order valence-electron chi connectivity index (χ0n) is 7.14. The fraction of sp³-hybridized carbons (Fsp3) is 0.875. The summed E-state index contributed by atoms with van der Waals surface area (Å²) in [5.74, 6) is 0.229. The molecule has 1 aliphatic carbocycles.